The Morgan fingerprint density at radius 2 is 1.96 bits per heavy atom. The van der Waals surface area contributed by atoms with Gasteiger partial charge >= 0.3 is 0 Å². The van der Waals surface area contributed by atoms with E-state index in [1.54, 1.807) is 23.7 Å². The lowest BCUT2D eigenvalue weighted by atomic mass is 9.93. The largest absolute Gasteiger partial charge is 0.350 e. The van der Waals surface area contributed by atoms with Gasteiger partial charge in [-0.3, -0.25) is 9.78 Å². The van der Waals surface area contributed by atoms with Gasteiger partial charge in [0.15, 0.2) is 0 Å². The van der Waals surface area contributed by atoms with Crippen LogP contribution in [-0.2, 0) is 11.3 Å². The molecule has 0 atom stereocenters. The quantitative estimate of drug-likeness (QED) is 0.776. The summed E-state index contributed by atoms with van der Waals surface area (Å²) < 4.78 is 0. The van der Waals surface area contributed by atoms with Gasteiger partial charge in [0.1, 0.15) is 5.01 Å². The maximum absolute atomic E-state index is 12.0. The van der Waals surface area contributed by atoms with Crippen LogP contribution in [0.2, 0.25) is 0 Å². The zero-order chi connectivity index (χ0) is 15.9. The number of amides is 1. The van der Waals surface area contributed by atoms with E-state index in [0.29, 0.717) is 18.9 Å². The summed E-state index contributed by atoms with van der Waals surface area (Å²) in [6.45, 7) is 2.69. The average Bonchev–Trinajstić information content (AvgIpc) is 3.09. The van der Waals surface area contributed by atoms with Gasteiger partial charge in [-0.15, -0.1) is 36.2 Å². The van der Waals surface area contributed by atoms with E-state index in [1.807, 2.05) is 17.5 Å². The van der Waals surface area contributed by atoms with Crippen LogP contribution < -0.4 is 10.6 Å². The van der Waals surface area contributed by atoms with E-state index in [4.69, 9.17) is 0 Å². The Hall–Kier alpha value is -1.21. The standard InChI is InChI=1S/C17H22N4OS.2ClH/c22-16(2-1-13-3-7-18-8-4-13)20-11-17-21-15(12-23-17)14-5-9-19-10-6-14;;/h5-6,9-10,12-13,18H,1-4,7-8,11H2,(H,20,22);2*1H. The van der Waals surface area contributed by atoms with Crippen LogP contribution in [0.15, 0.2) is 29.9 Å². The van der Waals surface area contributed by atoms with Crippen molar-refractivity contribution in [2.45, 2.75) is 32.2 Å². The summed E-state index contributed by atoms with van der Waals surface area (Å²) >= 11 is 1.58. The fraction of sp³-hybridized carbons (Fsp3) is 0.471. The van der Waals surface area contributed by atoms with E-state index >= 15 is 0 Å². The van der Waals surface area contributed by atoms with Gasteiger partial charge in [-0.25, -0.2) is 4.98 Å². The Balaban J connectivity index is 0.00000156. The Morgan fingerprint density at radius 3 is 2.68 bits per heavy atom. The second-order valence-corrected chi connectivity index (χ2v) is 6.81. The second kappa shape index (κ2) is 11.4. The number of hydrogen-bond acceptors (Lipinski definition) is 5. The van der Waals surface area contributed by atoms with E-state index in [2.05, 4.69) is 20.6 Å². The van der Waals surface area contributed by atoms with Crippen molar-refractivity contribution in [2.75, 3.05) is 13.1 Å². The molecular weight excluding hydrogens is 379 g/mol. The highest BCUT2D eigenvalue weighted by molar-refractivity contribution is 7.09. The topological polar surface area (TPSA) is 66.9 Å². The molecule has 0 spiro atoms. The van der Waals surface area contributed by atoms with E-state index < -0.39 is 0 Å². The Labute approximate surface area is 164 Å². The lowest BCUT2D eigenvalue weighted by Crippen LogP contribution is -2.29. The Kier molecular flexibility index (Phi) is 9.97. The smallest absolute Gasteiger partial charge is 0.220 e. The highest BCUT2D eigenvalue weighted by Crippen LogP contribution is 2.21. The molecule has 138 valence electrons. The molecule has 1 aliphatic rings. The van der Waals surface area contributed by atoms with E-state index in [1.165, 1.54) is 12.8 Å². The minimum absolute atomic E-state index is 0. The van der Waals surface area contributed by atoms with Crippen molar-refractivity contribution in [3.05, 3.63) is 34.9 Å². The van der Waals surface area contributed by atoms with Crippen LogP contribution in [0, 0.1) is 5.92 Å². The molecule has 1 saturated heterocycles. The summed E-state index contributed by atoms with van der Waals surface area (Å²) in [4.78, 5) is 20.6. The highest BCUT2D eigenvalue weighted by Gasteiger charge is 2.14. The molecule has 2 aromatic rings. The maximum atomic E-state index is 12.0. The minimum atomic E-state index is 0. The minimum Gasteiger partial charge on any atom is -0.350 e. The molecule has 1 fully saturated rings. The van der Waals surface area contributed by atoms with Gasteiger partial charge in [-0.2, -0.15) is 0 Å². The fourth-order valence-electron chi connectivity index (χ4n) is 2.82. The normalized spacial score (nSPS) is 14.2. The van der Waals surface area contributed by atoms with Crippen LogP contribution in [0.4, 0.5) is 0 Å². The number of carbonyl (C=O) groups excluding carboxylic acids is 1. The number of aromatic nitrogens is 2. The number of halogens is 2. The molecule has 0 aliphatic carbocycles. The third-order valence-electron chi connectivity index (χ3n) is 4.20. The van der Waals surface area contributed by atoms with Crippen LogP contribution in [0.3, 0.4) is 0 Å². The summed E-state index contributed by atoms with van der Waals surface area (Å²) in [5.41, 5.74) is 2.00. The van der Waals surface area contributed by atoms with Crippen molar-refractivity contribution in [1.29, 1.82) is 0 Å². The molecule has 5 nitrogen and oxygen atoms in total. The Morgan fingerprint density at radius 1 is 1.24 bits per heavy atom. The third-order valence-corrected chi connectivity index (χ3v) is 5.05. The molecule has 3 heterocycles. The molecule has 1 aliphatic heterocycles. The van der Waals surface area contributed by atoms with Crippen LogP contribution in [0.1, 0.15) is 30.7 Å². The molecular formula is C17H24Cl2N4OS. The number of nitrogens with zero attached hydrogens (tertiary/aromatic N) is 2. The molecule has 2 N–H and O–H groups in total. The van der Waals surface area contributed by atoms with Crippen molar-refractivity contribution in [2.24, 2.45) is 5.92 Å². The van der Waals surface area contributed by atoms with Gasteiger partial charge in [-0.1, -0.05) is 0 Å². The lowest BCUT2D eigenvalue weighted by Gasteiger charge is -2.22. The first kappa shape index (κ1) is 21.8. The van der Waals surface area contributed by atoms with Gasteiger partial charge in [-0.05, 0) is 50.4 Å². The average molecular weight is 403 g/mol. The van der Waals surface area contributed by atoms with Crippen LogP contribution in [0.5, 0.6) is 0 Å². The Bertz CT molecular complexity index is 633. The van der Waals surface area contributed by atoms with E-state index in [-0.39, 0.29) is 30.7 Å². The number of pyridine rings is 1. The SMILES string of the molecule is Cl.Cl.O=C(CCC1CCNCC1)NCc1nc(-c2ccncc2)cs1. The zero-order valence-corrected chi connectivity index (χ0v) is 16.4. The van der Waals surface area contributed by atoms with Crippen molar-refractivity contribution < 1.29 is 4.79 Å². The first-order valence-electron chi connectivity index (χ1n) is 8.13. The van der Waals surface area contributed by atoms with Gasteiger partial charge in [0, 0.05) is 29.8 Å². The monoisotopic (exact) mass is 402 g/mol. The lowest BCUT2D eigenvalue weighted by molar-refractivity contribution is -0.121. The number of thiazole rings is 1. The van der Waals surface area contributed by atoms with Crippen molar-refractivity contribution >= 4 is 42.1 Å². The number of rotatable bonds is 6. The fourth-order valence-corrected chi connectivity index (χ4v) is 3.56. The molecule has 0 unspecified atom stereocenters. The third kappa shape index (κ3) is 6.90. The molecule has 0 bridgehead atoms. The maximum Gasteiger partial charge on any atom is 0.220 e. The molecule has 0 aromatic carbocycles. The van der Waals surface area contributed by atoms with E-state index in [9.17, 15) is 4.79 Å². The zero-order valence-electron chi connectivity index (χ0n) is 13.9. The first-order valence-corrected chi connectivity index (χ1v) is 9.01. The predicted octanol–water partition coefficient (Wildman–Crippen LogP) is 3.44. The van der Waals surface area contributed by atoms with E-state index in [0.717, 1.165) is 35.8 Å². The van der Waals surface area contributed by atoms with Crippen LogP contribution in [0.25, 0.3) is 11.3 Å². The van der Waals surface area contributed by atoms with Crippen LogP contribution >= 0.6 is 36.2 Å². The second-order valence-electron chi connectivity index (χ2n) is 5.87. The van der Waals surface area contributed by atoms with Crippen molar-refractivity contribution in [3.8, 4) is 11.3 Å². The molecule has 2 aromatic heterocycles. The molecule has 8 heteroatoms. The number of hydrogen-bond donors (Lipinski definition) is 2. The summed E-state index contributed by atoms with van der Waals surface area (Å²) in [6.07, 6.45) is 7.51. The molecule has 0 saturated carbocycles. The summed E-state index contributed by atoms with van der Waals surface area (Å²) in [6, 6.07) is 3.88. The van der Waals surface area contributed by atoms with Crippen molar-refractivity contribution in [1.82, 2.24) is 20.6 Å². The van der Waals surface area contributed by atoms with Crippen molar-refractivity contribution in [3.63, 3.8) is 0 Å². The van der Waals surface area contributed by atoms with Gasteiger partial charge in [0.25, 0.3) is 0 Å². The number of nitrogens with one attached hydrogen (secondary N) is 2. The summed E-state index contributed by atoms with van der Waals surface area (Å²) in [5, 5.41) is 9.29. The summed E-state index contributed by atoms with van der Waals surface area (Å²) in [5.74, 6) is 0.823. The molecule has 25 heavy (non-hydrogen) atoms. The summed E-state index contributed by atoms with van der Waals surface area (Å²) in [7, 11) is 0. The first-order chi connectivity index (χ1) is 11.3. The van der Waals surface area contributed by atoms with Crippen LogP contribution in [-0.4, -0.2) is 29.0 Å². The highest BCUT2D eigenvalue weighted by atomic mass is 35.5. The predicted molar refractivity (Wildman–Crippen MR) is 107 cm³/mol. The number of piperidine rings is 1. The molecule has 3 rings (SSSR count). The van der Waals surface area contributed by atoms with Gasteiger partial charge in [0.2, 0.25) is 5.91 Å². The molecule has 0 radical (unpaired) electrons. The van der Waals surface area contributed by atoms with Gasteiger partial charge in [0.05, 0.1) is 12.2 Å². The molecule has 1 amide bonds. The van der Waals surface area contributed by atoms with Gasteiger partial charge < -0.3 is 10.6 Å². The number of carbonyl (C=O) groups is 1.